The van der Waals surface area contributed by atoms with E-state index in [-0.39, 0.29) is 24.5 Å². The van der Waals surface area contributed by atoms with Gasteiger partial charge in [0.1, 0.15) is 0 Å². The number of nitrogens with zero attached hydrogens (tertiary/aromatic N) is 1. The lowest BCUT2D eigenvalue weighted by molar-refractivity contribution is -0.137. The predicted octanol–water partition coefficient (Wildman–Crippen LogP) is 2.49. The Morgan fingerprint density at radius 1 is 1.32 bits per heavy atom. The lowest BCUT2D eigenvalue weighted by Crippen LogP contribution is -2.30. The van der Waals surface area contributed by atoms with E-state index in [1.54, 1.807) is 24.3 Å². The van der Waals surface area contributed by atoms with Gasteiger partial charge in [0.05, 0.1) is 25.3 Å². The summed E-state index contributed by atoms with van der Waals surface area (Å²) in [7, 11) is 1.38. The van der Waals surface area contributed by atoms with Crippen LogP contribution in [0.3, 0.4) is 0 Å². The third-order valence-electron chi connectivity index (χ3n) is 3.62. The maximum absolute atomic E-state index is 13.7. The Labute approximate surface area is 144 Å². The summed E-state index contributed by atoms with van der Waals surface area (Å²) in [5.41, 5.74) is 1.13. The fourth-order valence-electron chi connectivity index (χ4n) is 2.38. The van der Waals surface area contributed by atoms with Gasteiger partial charge in [-0.05, 0) is 36.2 Å². The molecule has 132 valence electrons. The molecule has 0 saturated carbocycles. The van der Waals surface area contributed by atoms with Crippen LogP contribution >= 0.6 is 0 Å². The van der Waals surface area contributed by atoms with Crippen LogP contribution in [0.25, 0.3) is 0 Å². The van der Waals surface area contributed by atoms with E-state index >= 15 is 0 Å². The second-order valence-corrected chi connectivity index (χ2v) is 5.44. The van der Waals surface area contributed by atoms with Gasteiger partial charge in [-0.25, -0.2) is 4.39 Å². The number of nitrogens with one attached hydrogen (secondary N) is 1. The van der Waals surface area contributed by atoms with Gasteiger partial charge in [-0.15, -0.1) is 0 Å². The van der Waals surface area contributed by atoms with Gasteiger partial charge >= 0.3 is 5.97 Å². The van der Waals surface area contributed by atoms with E-state index in [4.69, 9.17) is 9.84 Å². The molecule has 0 aliphatic carbocycles. The molecule has 7 heteroatoms. The van der Waals surface area contributed by atoms with E-state index in [1.165, 1.54) is 25.4 Å². The summed E-state index contributed by atoms with van der Waals surface area (Å²) in [6.07, 6.45) is 1.71. The Bertz CT molecular complexity index is 737. The highest BCUT2D eigenvalue weighted by Gasteiger charge is 2.19. The first-order chi connectivity index (χ1) is 12.0. The van der Waals surface area contributed by atoms with Crippen LogP contribution < -0.4 is 10.1 Å². The van der Waals surface area contributed by atoms with Crippen molar-refractivity contribution in [3.8, 4) is 5.75 Å². The molecule has 1 amide bonds. The van der Waals surface area contributed by atoms with Crippen LogP contribution in [0, 0.1) is 5.82 Å². The Kier molecular flexibility index (Phi) is 6.45. The molecule has 1 aromatic heterocycles. The van der Waals surface area contributed by atoms with Crippen LogP contribution in [-0.2, 0) is 16.0 Å². The number of methoxy groups -OCH3 is 1. The maximum Gasteiger partial charge on any atom is 0.305 e. The van der Waals surface area contributed by atoms with Crippen molar-refractivity contribution in [1.82, 2.24) is 10.3 Å². The number of aromatic nitrogens is 1. The van der Waals surface area contributed by atoms with Crippen LogP contribution in [0.2, 0.25) is 0 Å². The molecular weight excluding hydrogens is 327 g/mol. The summed E-state index contributed by atoms with van der Waals surface area (Å²) >= 11 is 0. The first kappa shape index (κ1) is 18.4. The summed E-state index contributed by atoms with van der Waals surface area (Å²) in [6, 6.07) is 8.89. The van der Waals surface area contributed by atoms with Gasteiger partial charge in [-0.3, -0.25) is 14.6 Å². The van der Waals surface area contributed by atoms with E-state index in [0.29, 0.717) is 17.7 Å². The molecule has 1 heterocycles. The zero-order chi connectivity index (χ0) is 18.2. The fourth-order valence-corrected chi connectivity index (χ4v) is 2.38. The first-order valence-electron chi connectivity index (χ1n) is 7.74. The van der Waals surface area contributed by atoms with Crippen molar-refractivity contribution in [2.24, 2.45) is 0 Å². The van der Waals surface area contributed by atoms with Gasteiger partial charge in [0.2, 0.25) is 5.91 Å². The van der Waals surface area contributed by atoms with Crippen molar-refractivity contribution in [3.63, 3.8) is 0 Å². The highest BCUT2D eigenvalue weighted by Crippen LogP contribution is 2.19. The standard InChI is InChI=1S/C18H19FN2O4/c1-25-16-7-5-12(10-13(16)19)6-8-17(22)21-15(11-18(23)24)14-4-2-3-9-20-14/h2-5,7,9-10,15H,6,8,11H2,1H3,(H,21,22)(H,23,24). The molecule has 0 bridgehead atoms. The summed E-state index contributed by atoms with van der Waals surface area (Å²) in [4.78, 5) is 27.2. The maximum atomic E-state index is 13.7. The molecule has 2 rings (SSSR count). The van der Waals surface area contributed by atoms with Gasteiger partial charge < -0.3 is 15.2 Å². The van der Waals surface area contributed by atoms with Crippen LogP contribution in [0.4, 0.5) is 4.39 Å². The van der Waals surface area contributed by atoms with Gasteiger partial charge in [-0.2, -0.15) is 0 Å². The number of rotatable bonds is 8. The first-order valence-corrected chi connectivity index (χ1v) is 7.74. The Morgan fingerprint density at radius 2 is 2.12 bits per heavy atom. The molecule has 0 aliphatic heterocycles. The number of amides is 1. The average Bonchev–Trinajstić information content (AvgIpc) is 2.60. The molecular formula is C18H19FN2O4. The average molecular weight is 346 g/mol. The summed E-state index contributed by atoms with van der Waals surface area (Å²) in [5.74, 6) is -1.70. The number of pyridine rings is 1. The number of aliphatic carboxylic acids is 1. The number of aryl methyl sites for hydroxylation is 1. The third-order valence-corrected chi connectivity index (χ3v) is 3.62. The number of halogens is 1. The number of benzene rings is 1. The van der Waals surface area contributed by atoms with Crippen LogP contribution in [0.5, 0.6) is 5.75 Å². The van der Waals surface area contributed by atoms with Crippen molar-refractivity contribution in [2.45, 2.75) is 25.3 Å². The summed E-state index contributed by atoms with van der Waals surface area (Å²) in [6.45, 7) is 0. The third kappa shape index (κ3) is 5.56. The molecule has 1 aromatic carbocycles. The topological polar surface area (TPSA) is 88.5 Å². The fraction of sp³-hybridized carbons (Fsp3) is 0.278. The molecule has 25 heavy (non-hydrogen) atoms. The second-order valence-electron chi connectivity index (χ2n) is 5.44. The van der Waals surface area contributed by atoms with Crippen molar-refractivity contribution < 1.29 is 23.8 Å². The lowest BCUT2D eigenvalue weighted by atomic mass is 10.1. The number of carbonyl (C=O) groups excluding carboxylic acids is 1. The Balaban J connectivity index is 1.97. The van der Waals surface area contributed by atoms with Crippen molar-refractivity contribution >= 4 is 11.9 Å². The minimum absolute atomic E-state index is 0.106. The summed E-state index contributed by atoms with van der Waals surface area (Å²) < 4.78 is 18.5. The molecule has 0 spiro atoms. The second kappa shape index (κ2) is 8.77. The molecule has 0 aliphatic rings. The monoisotopic (exact) mass is 346 g/mol. The van der Waals surface area contributed by atoms with E-state index < -0.39 is 17.8 Å². The van der Waals surface area contributed by atoms with Crippen LogP contribution in [-0.4, -0.2) is 29.1 Å². The molecule has 1 unspecified atom stereocenters. The van der Waals surface area contributed by atoms with Gasteiger partial charge in [0, 0.05) is 12.6 Å². The molecule has 1 atom stereocenters. The zero-order valence-electron chi connectivity index (χ0n) is 13.7. The number of carboxylic acids is 1. The zero-order valence-corrected chi connectivity index (χ0v) is 13.7. The van der Waals surface area contributed by atoms with Gasteiger partial charge in [-0.1, -0.05) is 12.1 Å². The van der Waals surface area contributed by atoms with Gasteiger partial charge in [0.25, 0.3) is 0 Å². The van der Waals surface area contributed by atoms with Gasteiger partial charge in [0.15, 0.2) is 11.6 Å². The minimum atomic E-state index is -1.03. The number of ether oxygens (including phenoxy) is 1. The number of carboxylic acid groups (broad SMARTS) is 1. The molecule has 0 radical (unpaired) electrons. The highest BCUT2D eigenvalue weighted by molar-refractivity contribution is 5.77. The highest BCUT2D eigenvalue weighted by atomic mass is 19.1. The Hall–Kier alpha value is -2.96. The summed E-state index contributed by atoms with van der Waals surface area (Å²) in [5, 5.41) is 11.7. The SMILES string of the molecule is COc1ccc(CCC(=O)NC(CC(=O)O)c2ccccn2)cc1F. The molecule has 2 N–H and O–H groups in total. The normalized spacial score (nSPS) is 11.6. The Morgan fingerprint density at radius 3 is 2.72 bits per heavy atom. The van der Waals surface area contributed by atoms with Crippen LogP contribution in [0.15, 0.2) is 42.6 Å². The van der Waals surface area contributed by atoms with E-state index in [0.717, 1.165) is 0 Å². The molecule has 0 fully saturated rings. The number of carbonyl (C=O) groups is 2. The smallest absolute Gasteiger partial charge is 0.305 e. The van der Waals surface area contributed by atoms with Crippen molar-refractivity contribution in [2.75, 3.05) is 7.11 Å². The van der Waals surface area contributed by atoms with Crippen molar-refractivity contribution in [1.29, 1.82) is 0 Å². The predicted molar refractivity (Wildman–Crippen MR) is 88.6 cm³/mol. The minimum Gasteiger partial charge on any atom is -0.494 e. The van der Waals surface area contributed by atoms with E-state index in [9.17, 15) is 14.0 Å². The van der Waals surface area contributed by atoms with Crippen LogP contribution in [0.1, 0.15) is 30.1 Å². The quantitative estimate of drug-likeness (QED) is 0.767. The van der Waals surface area contributed by atoms with Crippen molar-refractivity contribution in [3.05, 3.63) is 59.7 Å². The largest absolute Gasteiger partial charge is 0.494 e. The van der Waals surface area contributed by atoms with E-state index in [1.807, 2.05) is 0 Å². The number of hydrogen-bond donors (Lipinski definition) is 2. The van der Waals surface area contributed by atoms with E-state index in [2.05, 4.69) is 10.3 Å². The molecule has 6 nitrogen and oxygen atoms in total. The molecule has 2 aromatic rings. The lowest BCUT2D eigenvalue weighted by Gasteiger charge is -2.16. The number of hydrogen-bond acceptors (Lipinski definition) is 4. The molecule has 0 saturated heterocycles.